The zero-order chi connectivity index (χ0) is 23.9. The number of Topliss-reactive ketones (excluding diaryl/α,β-unsaturated/α-hetero) is 1. The molecule has 1 saturated heterocycles. The molecule has 33 heavy (non-hydrogen) atoms. The van der Waals surface area contributed by atoms with E-state index in [1.807, 2.05) is 19.1 Å². The summed E-state index contributed by atoms with van der Waals surface area (Å²) in [5, 5.41) is 2.14. The van der Waals surface area contributed by atoms with Gasteiger partial charge in [-0.1, -0.05) is 60.5 Å². The summed E-state index contributed by atoms with van der Waals surface area (Å²) in [7, 11) is 0. The molecule has 0 unspecified atom stereocenters. The van der Waals surface area contributed by atoms with E-state index < -0.39 is 35.6 Å². The Morgan fingerprint density at radius 2 is 1.64 bits per heavy atom. The van der Waals surface area contributed by atoms with Crippen LogP contribution in [-0.4, -0.2) is 39.6 Å². The summed E-state index contributed by atoms with van der Waals surface area (Å²) in [6, 6.07) is 12.3. The summed E-state index contributed by atoms with van der Waals surface area (Å²) in [6.07, 6.45) is 2.05. The number of halogens is 1. The zero-order valence-corrected chi connectivity index (χ0v) is 19.7. The number of rotatable bonds is 5. The van der Waals surface area contributed by atoms with Gasteiger partial charge in [0.05, 0.1) is 22.4 Å². The van der Waals surface area contributed by atoms with Crippen molar-refractivity contribution in [2.75, 3.05) is 0 Å². The van der Waals surface area contributed by atoms with Gasteiger partial charge in [-0.2, -0.15) is 5.01 Å². The van der Waals surface area contributed by atoms with Gasteiger partial charge in [-0.15, -0.1) is 0 Å². The predicted molar refractivity (Wildman–Crippen MR) is 124 cm³/mol. The lowest BCUT2D eigenvalue weighted by atomic mass is 9.76. The number of nitrogens with zero attached hydrogens (tertiary/aromatic N) is 2. The van der Waals surface area contributed by atoms with Crippen LogP contribution in [0.2, 0.25) is 5.02 Å². The highest BCUT2D eigenvalue weighted by molar-refractivity contribution is 6.34. The van der Waals surface area contributed by atoms with Crippen molar-refractivity contribution in [2.24, 2.45) is 17.8 Å². The van der Waals surface area contributed by atoms with E-state index in [0.717, 1.165) is 22.0 Å². The van der Waals surface area contributed by atoms with Crippen molar-refractivity contribution in [3.8, 4) is 0 Å². The topological polar surface area (TPSA) is 74.8 Å². The minimum Gasteiger partial charge on any atom is -0.292 e. The van der Waals surface area contributed by atoms with E-state index in [-0.39, 0.29) is 16.4 Å². The van der Waals surface area contributed by atoms with Crippen LogP contribution in [0.1, 0.15) is 59.4 Å². The number of hydrazine groups is 1. The Balaban J connectivity index is 1.76. The molecule has 2 aliphatic rings. The van der Waals surface area contributed by atoms with Gasteiger partial charge in [-0.25, -0.2) is 5.01 Å². The Morgan fingerprint density at radius 1 is 1.00 bits per heavy atom. The molecule has 0 radical (unpaired) electrons. The number of amides is 3. The van der Waals surface area contributed by atoms with Crippen molar-refractivity contribution in [2.45, 2.75) is 46.1 Å². The van der Waals surface area contributed by atoms with Crippen LogP contribution in [0.25, 0.3) is 0 Å². The maximum Gasteiger partial charge on any atom is 0.275 e. The normalized spacial score (nSPS) is 23.3. The third-order valence-corrected chi connectivity index (χ3v) is 7.10. The third-order valence-electron chi connectivity index (χ3n) is 6.77. The summed E-state index contributed by atoms with van der Waals surface area (Å²) in [4.78, 5) is 53.9. The molecular formula is C26H27ClN2O4. The molecule has 0 bridgehead atoms. The van der Waals surface area contributed by atoms with Crippen molar-refractivity contribution >= 4 is 35.1 Å². The van der Waals surface area contributed by atoms with Crippen LogP contribution in [0.4, 0.5) is 0 Å². The van der Waals surface area contributed by atoms with Gasteiger partial charge in [0.15, 0.2) is 5.78 Å². The van der Waals surface area contributed by atoms with E-state index >= 15 is 0 Å². The van der Waals surface area contributed by atoms with Gasteiger partial charge < -0.3 is 0 Å². The highest BCUT2D eigenvalue weighted by Crippen LogP contribution is 2.42. The van der Waals surface area contributed by atoms with Crippen LogP contribution in [0.5, 0.6) is 0 Å². The maximum atomic E-state index is 13.7. The molecule has 0 spiro atoms. The Morgan fingerprint density at radius 3 is 2.30 bits per heavy atom. The molecule has 7 heteroatoms. The Kier molecular flexibility index (Phi) is 6.39. The molecule has 3 amide bonds. The first-order valence-electron chi connectivity index (χ1n) is 11.3. The van der Waals surface area contributed by atoms with Crippen LogP contribution < -0.4 is 0 Å². The largest absolute Gasteiger partial charge is 0.292 e. The number of benzene rings is 2. The van der Waals surface area contributed by atoms with E-state index in [0.29, 0.717) is 24.3 Å². The standard InChI is InChI=1S/C26H27ClN2O4/c1-15-8-11-18(12-9-15)23(30)17(3)28(25(32)20-6-4-5-7-22(20)27)29-24(31)19-13-10-16(2)14-21(19)26(29)33/h4-9,11-12,16-17,19,21H,10,13-14H2,1-3H3/t16-,17-,19+,21-/m0/s1. The molecule has 4 atom stereocenters. The third kappa shape index (κ3) is 4.20. The molecule has 1 heterocycles. The number of hydrogen-bond acceptors (Lipinski definition) is 4. The minimum atomic E-state index is -1.08. The second-order valence-corrected chi connectivity index (χ2v) is 9.56. The summed E-state index contributed by atoms with van der Waals surface area (Å²) >= 11 is 6.28. The highest BCUT2D eigenvalue weighted by Gasteiger charge is 2.54. The number of imide groups is 1. The lowest BCUT2D eigenvalue weighted by Gasteiger charge is -2.35. The van der Waals surface area contributed by atoms with E-state index in [4.69, 9.17) is 11.6 Å². The summed E-state index contributed by atoms with van der Waals surface area (Å²) in [6.45, 7) is 5.52. The number of ketones is 1. The zero-order valence-electron chi connectivity index (χ0n) is 19.0. The number of aryl methyl sites for hydroxylation is 1. The van der Waals surface area contributed by atoms with Crippen LogP contribution in [0.3, 0.4) is 0 Å². The SMILES string of the molecule is Cc1ccc(C(=O)[C@H](C)N(C(=O)c2ccccc2Cl)N2C(=O)[C@H]3C[C@@H](C)CC[C@H]3C2=O)cc1. The Hall–Kier alpha value is -2.99. The summed E-state index contributed by atoms with van der Waals surface area (Å²) < 4.78 is 0. The summed E-state index contributed by atoms with van der Waals surface area (Å²) in [5.41, 5.74) is 1.52. The van der Waals surface area contributed by atoms with Crippen LogP contribution in [0.15, 0.2) is 48.5 Å². The van der Waals surface area contributed by atoms with Crippen molar-refractivity contribution in [3.05, 3.63) is 70.2 Å². The lowest BCUT2D eigenvalue weighted by molar-refractivity contribution is -0.156. The molecule has 1 saturated carbocycles. The molecule has 6 nitrogen and oxygen atoms in total. The number of fused-ring (bicyclic) bond motifs is 1. The molecule has 0 N–H and O–H groups in total. The minimum absolute atomic E-state index is 0.131. The van der Waals surface area contributed by atoms with Gasteiger partial charge in [0, 0.05) is 5.56 Å². The smallest absolute Gasteiger partial charge is 0.275 e. The fourth-order valence-electron chi connectivity index (χ4n) is 4.85. The fourth-order valence-corrected chi connectivity index (χ4v) is 5.07. The van der Waals surface area contributed by atoms with Gasteiger partial charge >= 0.3 is 0 Å². The number of carbonyl (C=O) groups is 4. The van der Waals surface area contributed by atoms with Gasteiger partial charge in [-0.05, 0) is 51.2 Å². The number of hydrogen-bond donors (Lipinski definition) is 0. The average molecular weight is 467 g/mol. The first-order chi connectivity index (χ1) is 15.7. The summed E-state index contributed by atoms with van der Waals surface area (Å²) in [5.74, 6) is -2.45. The second kappa shape index (κ2) is 9.10. The Labute approximate surface area is 198 Å². The molecule has 172 valence electrons. The van der Waals surface area contributed by atoms with Crippen LogP contribution in [-0.2, 0) is 9.59 Å². The Bertz CT molecular complexity index is 1110. The fraction of sp³-hybridized carbons (Fsp3) is 0.385. The van der Waals surface area contributed by atoms with E-state index in [2.05, 4.69) is 6.92 Å². The quantitative estimate of drug-likeness (QED) is 0.473. The molecule has 1 aliphatic carbocycles. The molecule has 4 rings (SSSR count). The first-order valence-corrected chi connectivity index (χ1v) is 11.6. The van der Waals surface area contributed by atoms with Crippen molar-refractivity contribution in [3.63, 3.8) is 0 Å². The molecule has 0 aromatic heterocycles. The second-order valence-electron chi connectivity index (χ2n) is 9.16. The predicted octanol–water partition coefficient (Wildman–Crippen LogP) is 4.70. The van der Waals surface area contributed by atoms with Crippen molar-refractivity contribution in [1.29, 1.82) is 0 Å². The van der Waals surface area contributed by atoms with Gasteiger partial charge in [0.2, 0.25) is 0 Å². The van der Waals surface area contributed by atoms with Crippen LogP contribution in [0, 0.1) is 24.7 Å². The molecule has 2 aromatic rings. The van der Waals surface area contributed by atoms with Gasteiger partial charge in [0.1, 0.15) is 6.04 Å². The van der Waals surface area contributed by atoms with Gasteiger partial charge in [0.25, 0.3) is 17.7 Å². The monoisotopic (exact) mass is 466 g/mol. The average Bonchev–Trinajstić information content (AvgIpc) is 3.04. The lowest BCUT2D eigenvalue weighted by Crippen LogP contribution is -2.56. The first kappa shape index (κ1) is 23.2. The number of carbonyl (C=O) groups excluding carboxylic acids is 4. The molecule has 1 aliphatic heterocycles. The van der Waals surface area contributed by atoms with E-state index in [1.54, 1.807) is 37.3 Å². The molecular weight excluding hydrogens is 440 g/mol. The van der Waals surface area contributed by atoms with Gasteiger partial charge in [-0.3, -0.25) is 19.2 Å². The molecule has 2 fully saturated rings. The molecule has 2 aromatic carbocycles. The maximum absolute atomic E-state index is 13.7. The highest BCUT2D eigenvalue weighted by atomic mass is 35.5. The van der Waals surface area contributed by atoms with E-state index in [1.165, 1.54) is 6.07 Å². The van der Waals surface area contributed by atoms with E-state index in [9.17, 15) is 19.2 Å². The van der Waals surface area contributed by atoms with Crippen LogP contribution >= 0.6 is 11.6 Å². The van der Waals surface area contributed by atoms with Crippen molar-refractivity contribution in [1.82, 2.24) is 10.0 Å². The van der Waals surface area contributed by atoms with Crippen molar-refractivity contribution < 1.29 is 19.2 Å².